The van der Waals surface area contributed by atoms with Crippen LogP contribution in [0.2, 0.25) is 0 Å². The third-order valence-corrected chi connectivity index (χ3v) is 4.56. The molecule has 0 amide bonds. The number of benzene rings is 2. The van der Waals surface area contributed by atoms with E-state index in [9.17, 15) is 10.2 Å². The Kier molecular flexibility index (Phi) is 7.29. The minimum absolute atomic E-state index is 0. The number of phenolic OH excluding ortho intramolecular Hbond substituents is 2. The Morgan fingerprint density at radius 1 is 0.962 bits per heavy atom. The molecule has 1 aliphatic heterocycles. The number of nitrogens with one attached hydrogen (secondary N) is 1. The molecule has 0 radical (unpaired) electrons. The molecule has 1 aliphatic rings. The van der Waals surface area contributed by atoms with E-state index in [0.29, 0.717) is 23.7 Å². The molecular formula is C19H25CaNO5. The number of rotatable bonds is 5. The molecule has 0 saturated carbocycles. The van der Waals surface area contributed by atoms with Crippen molar-refractivity contribution in [2.45, 2.75) is 18.9 Å². The van der Waals surface area contributed by atoms with E-state index in [0.717, 1.165) is 29.7 Å². The van der Waals surface area contributed by atoms with E-state index in [4.69, 9.17) is 14.2 Å². The Bertz CT molecular complexity index is 756. The molecule has 0 fully saturated rings. The predicted octanol–water partition coefficient (Wildman–Crippen LogP) is 1.64. The van der Waals surface area contributed by atoms with Gasteiger partial charge in [0.05, 0.1) is 21.3 Å². The van der Waals surface area contributed by atoms with Crippen molar-refractivity contribution in [1.82, 2.24) is 5.32 Å². The van der Waals surface area contributed by atoms with Gasteiger partial charge in [0.25, 0.3) is 0 Å². The van der Waals surface area contributed by atoms with Crippen LogP contribution in [0.1, 0.15) is 22.7 Å². The van der Waals surface area contributed by atoms with Crippen LogP contribution in [0.4, 0.5) is 0 Å². The number of ether oxygens (including phenoxy) is 3. The van der Waals surface area contributed by atoms with Gasteiger partial charge in [-0.05, 0) is 60.3 Å². The second kappa shape index (κ2) is 9.04. The third kappa shape index (κ3) is 4.14. The number of hydrogen-bond acceptors (Lipinski definition) is 6. The van der Waals surface area contributed by atoms with Gasteiger partial charge in [0.1, 0.15) is 0 Å². The summed E-state index contributed by atoms with van der Waals surface area (Å²) in [4.78, 5) is 0. The molecule has 1 heterocycles. The van der Waals surface area contributed by atoms with Gasteiger partial charge in [0, 0.05) is 6.04 Å². The summed E-state index contributed by atoms with van der Waals surface area (Å²) in [5, 5.41) is 23.1. The molecule has 6 nitrogen and oxygen atoms in total. The predicted molar refractivity (Wildman–Crippen MR) is 103 cm³/mol. The second-order valence-corrected chi connectivity index (χ2v) is 6.03. The van der Waals surface area contributed by atoms with Crippen LogP contribution in [0.5, 0.6) is 28.7 Å². The van der Waals surface area contributed by atoms with Crippen LogP contribution < -0.4 is 19.5 Å². The zero-order valence-corrected chi connectivity index (χ0v) is 14.6. The van der Waals surface area contributed by atoms with Gasteiger partial charge in [-0.2, -0.15) is 0 Å². The van der Waals surface area contributed by atoms with E-state index in [1.807, 2.05) is 12.1 Å². The first-order valence-corrected chi connectivity index (χ1v) is 8.14. The summed E-state index contributed by atoms with van der Waals surface area (Å²) in [6.07, 6.45) is 1.50. The maximum atomic E-state index is 9.86. The maximum absolute atomic E-state index is 9.86. The molecule has 3 rings (SSSR count). The van der Waals surface area contributed by atoms with Gasteiger partial charge >= 0.3 is 37.7 Å². The van der Waals surface area contributed by atoms with Crippen LogP contribution in [0.25, 0.3) is 0 Å². The average Bonchev–Trinajstić information content (AvgIpc) is 2.62. The zero-order valence-electron chi connectivity index (χ0n) is 14.6. The molecule has 26 heavy (non-hydrogen) atoms. The van der Waals surface area contributed by atoms with E-state index >= 15 is 0 Å². The van der Waals surface area contributed by atoms with Gasteiger partial charge in [0.15, 0.2) is 23.0 Å². The topological polar surface area (TPSA) is 80.2 Å². The number of aromatic hydroxyl groups is 2. The van der Waals surface area contributed by atoms with Gasteiger partial charge < -0.3 is 29.7 Å². The SMILES string of the molecule is COc1cc(CC2NCCc3cc(O)c(O)cc32)cc(OC)c1OC.[CaH2]. The van der Waals surface area contributed by atoms with Crippen molar-refractivity contribution in [2.24, 2.45) is 0 Å². The summed E-state index contributed by atoms with van der Waals surface area (Å²) in [6, 6.07) is 7.17. The van der Waals surface area contributed by atoms with Crippen molar-refractivity contribution in [3.63, 3.8) is 0 Å². The molecule has 7 heteroatoms. The van der Waals surface area contributed by atoms with Crippen molar-refractivity contribution in [2.75, 3.05) is 27.9 Å². The van der Waals surface area contributed by atoms with E-state index in [-0.39, 0.29) is 55.3 Å². The number of fused-ring (bicyclic) bond motifs is 1. The molecule has 0 aromatic heterocycles. The molecule has 0 spiro atoms. The Morgan fingerprint density at radius 2 is 1.58 bits per heavy atom. The fraction of sp³-hybridized carbons (Fsp3) is 0.368. The van der Waals surface area contributed by atoms with Crippen LogP contribution in [0, 0.1) is 0 Å². The molecule has 0 saturated heterocycles. The van der Waals surface area contributed by atoms with Gasteiger partial charge in [-0.3, -0.25) is 0 Å². The molecular weight excluding hydrogens is 362 g/mol. The Labute approximate surface area is 183 Å². The fourth-order valence-corrected chi connectivity index (χ4v) is 3.34. The first kappa shape index (κ1) is 21.0. The number of phenols is 2. The van der Waals surface area contributed by atoms with Crippen LogP contribution in [0.3, 0.4) is 0 Å². The Hall–Kier alpha value is -1.34. The average molecular weight is 387 g/mol. The Morgan fingerprint density at radius 3 is 2.15 bits per heavy atom. The van der Waals surface area contributed by atoms with Crippen LogP contribution in [0.15, 0.2) is 24.3 Å². The molecule has 0 bridgehead atoms. The number of methoxy groups -OCH3 is 3. The summed E-state index contributed by atoms with van der Waals surface area (Å²) in [6.45, 7) is 0.812. The monoisotopic (exact) mass is 387 g/mol. The second-order valence-electron chi connectivity index (χ2n) is 6.03. The summed E-state index contributed by atoms with van der Waals surface area (Å²) in [5.74, 6) is 1.61. The van der Waals surface area contributed by atoms with Crippen molar-refractivity contribution in [3.05, 3.63) is 41.0 Å². The Balaban J connectivity index is 0.00000243. The first-order chi connectivity index (χ1) is 12.1. The molecule has 2 aromatic rings. The van der Waals surface area contributed by atoms with Gasteiger partial charge in [0.2, 0.25) is 5.75 Å². The van der Waals surface area contributed by atoms with Gasteiger partial charge in [-0.1, -0.05) is 0 Å². The van der Waals surface area contributed by atoms with Crippen LogP contribution in [-0.2, 0) is 12.8 Å². The van der Waals surface area contributed by atoms with Crippen molar-refractivity contribution in [3.8, 4) is 28.7 Å². The van der Waals surface area contributed by atoms with Crippen molar-refractivity contribution < 1.29 is 24.4 Å². The summed E-state index contributed by atoms with van der Waals surface area (Å²) in [7, 11) is 4.76. The zero-order chi connectivity index (χ0) is 18.0. The summed E-state index contributed by atoms with van der Waals surface area (Å²) >= 11 is 0. The standard InChI is InChI=1S/C19H23NO5.Ca.2H/c1-23-17-7-11(8-18(24-2)19(17)25-3)6-14-13-10-16(22)15(21)9-12(13)4-5-20-14;;;/h7-10,14,20-22H,4-6H2,1-3H3;;;. The van der Waals surface area contributed by atoms with Crippen LogP contribution >= 0.6 is 0 Å². The molecule has 138 valence electrons. The van der Waals surface area contributed by atoms with Gasteiger partial charge in [-0.15, -0.1) is 0 Å². The molecule has 1 unspecified atom stereocenters. The van der Waals surface area contributed by atoms with E-state index in [1.165, 1.54) is 0 Å². The first-order valence-electron chi connectivity index (χ1n) is 8.14. The molecule has 3 N–H and O–H groups in total. The summed E-state index contributed by atoms with van der Waals surface area (Å²) < 4.78 is 16.2. The van der Waals surface area contributed by atoms with E-state index in [2.05, 4.69) is 5.32 Å². The van der Waals surface area contributed by atoms with E-state index in [1.54, 1.807) is 33.5 Å². The van der Waals surface area contributed by atoms with Crippen molar-refractivity contribution >= 4 is 37.7 Å². The molecule has 0 aliphatic carbocycles. The fourth-order valence-electron chi connectivity index (χ4n) is 3.34. The number of hydrogen-bond donors (Lipinski definition) is 3. The third-order valence-electron chi connectivity index (χ3n) is 4.56. The van der Waals surface area contributed by atoms with E-state index < -0.39 is 0 Å². The molecule has 2 aromatic carbocycles. The van der Waals surface area contributed by atoms with Crippen LogP contribution in [-0.4, -0.2) is 75.8 Å². The minimum atomic E-state index is -0.0997. The van der Waals surface area contributed by atoms with Gasteiger partial charge in [-0.25, -0.2) is 0 Å². The quantitative estimate of drug-likeness (QED) is 0.535. The van der Waals surface area contributed by atoms with Crippen molar-refractivity contribution in [1.29, 1.82) is 0 Å². The summed E-state index contributed by atoms with van der Waals surface area (Å²) in [5.41, 5.74) is 3.06. The molecule has 1 atom stereocenters. The normalized spacial score (nSPS) is 15.6.